The Morgan fingerprint density at radius 3 is 3.08 bits per heavy atom. The van der Waals surface area contributed by atoms with Crippen molar-refractivity contribution in [2.75, 3.05) is 32.7 Å². The first-order valence-electron chi connectivity index (χ1n) is 4.65. The zero-order chi connectivity index (χ0) is 8.81. The van der Waals surface area contributed by atoms with Crippen molar-refractivity contribution in [3.8, 4) is 6.07 Å². The fourth-order valence-electron chi connectivity index (χ4n) is 1.51. The van der Waals surface area contributed by atoms with Crippen molar-refractivity contribution in [3.05, 3.63) is 0 Å². The second-order valence-corrected chi connectivity index (χ2v) is 3.43. The van der Waals surface area contributed by atoms with E-state index in [0.29, 0.717) is 0 Å². The minimum Gasteiger partial charge on any atom is -0.315 e. The first kappa shape index (κ1) is 9.50. The molecule has 1 aliphatic heterocycles. The van der Waals surface area contributed by atoms with Crippen LogP contribution in [0.25, 0.3) is 0 Å². The number of hydrogen-bond donors (Lipinski definition) is 1. The number of rotatable bonds is 2. The van der Waals surface area contributed by atoms with Crippen LogP contribution in [-0.4, -0.2) is 37.6 Å². The maximum Gasteiger partial charge on any atom is 0.0666 e. The molecule has 1 fully saturated rings. The van der Waals surface area contributed by atoms with Gasteiger partial charge in [0.05, 0.1) is 12.0 Å². The molecule has 1 atom stereocenters. The van der Waals surface area contributed by atoms with Crippen LogP contribution in [0.15, 0.2) is 0 Å². The first-order chi connectivity index (χ1) is 5.83. The Morgan fingerprint density at radius 2 is 2.33 bits per heavy atom. The molecule has 68 valence electrons. The van der Waals surface area contributed by atoms with Gasteiger partial charge in [-0.15, -0.1) is 0 Å². The van der Waals surface area contributed by atoms with Crippen molar-refractivity contribution in [2.24, 2.45) is 5.92 Å². The maximum absolute atomic E-state index is 8.64. The van der Waals surface area contributed by atoms with Crippen LogP contribution >= 0.6 is 0 Å². The SMILES string of the molecule is CC(C#N)CN1CCCNCC1. The van der Waals surface area contributed by atoms with Crippen LogP contribution in [0.4, 0.5) is 0 Å². The molecule has 0 amide bonds. The van der Waals surface area contributed by atoms with Gasteiger partial charge in [0.25, 0.3) is 0 Å². The van der Waals surface area contributed by atoms with Gasteiger partial charge in [0, 0.05) is 19.6 Å². The number of nitrogens with one attached hydrogen (secondary N) is 1. The third-order valence-electron chi connectivity index (χ3n) is 2.19. The predicted octanol–water partition coefficient (Wildman–Crippen LogP) is 0.441. The Hall–Kier alpha value is -0.590. The Kier molecular flexibility index (Phi) is 4.06. The Bertz CT molecular complexity index is 154. The molecule has 1 saturated heterocycles. The van der Waals surface area contributed by atoms with Gasteiger partial charge in [0.2, 0.25) is 0 Å². The summed E-state index contributed by atoms with van der Waals surface area (Å²) in [5.74, 6) is 0.170. The van der Waals surface area contributed by atoms with Gasteiger partial charge < -0.3 is 10.2 Å². The summed E-state index contributed by atoms with van der Waals surface area (Å²) in [5.41, 5.74) is 0. The van der Waals surface area contributed by atoms with Gasteiger partial charge in [-0.2, -0.15) is 5.26 Å². The Balaban J connectivity index is 2.25. The smallest absolute Gasteiger partial charge is 0.0666 e. The van der Waals surface area contributed by atoms with Crippen molar-refractivity contribution in [1.82, 2.24) is 10.2 Å². The van der Waals surface area contributed by atoms with Crippen LogP contribution in [0.3, 0.4) is 0 Å². The second-order valence-electron chi connectivity index (χ2n) is 3.43. The molecule has 0 bridgehead atoms. The van der Waals surface area contributed by atoms with Gasteiger partial charge >= 0.3 is 0 Å². The van der Waals surface area contributed by atoms with Crippen molar-refractivity contribution >= 4 is 0 Å². The van der Waals surface area contributed by atoms with Crippen LogP contribution < -0.4 is 5.32 Å². The van der Waals surface area contributed by atoms with E-state index in [1.54, 1.807) is 0 Å². The van der Waals surface area contributed by atoms with Crippen molar-refractivity contribution in [1.29, 1.82) is 5.26 Å². The molecular weight excluding hydrogens is 150 g/mol. The van der Waals surface area contributed by atoms with Crippen molar-refractivity contribution < 1.29 is 0 Å². The van der Waals surface area contributed by atoms with E-state index in [2.05, 4.69) is 16.3 Å². The lowest BCUT2D eigenvalue weighted by atomic mass is 10.2. The molecule has 1 N–H and O–H groups in total. The number of hydrogen-bond acceptors (Lipinski definition) is 3. The first-order valence-corrected chi connectivity index (χ1v) is 4.65. The molecule has 1 unspecified atom stereocenters. The van der Waals surface area contributed by atoms with Gasteiger partial charge in [-0.05, 0) is 26.4 Å². The summed E-state index contributed by atoms with van der Waals surface area (Å²) in [4.78, 5) is 2.37. The van der Waals surface area contributed by atoms with Crippen LogP contribution in [0.5, 0.6) is 0 Å². The third-order valence-corrected chi connectivity index (χ3v) is 2.19. The number of nitrogens with zero attached hydrogens (tertiary/aromatic N) is 2. The van der Waals surface area contributed by atoms with Gasteiger partial charge in [-0.3, -0.25) is 0 Å². The highest BCUT2D eigenvalue weighted by molar-refractivity contribution is 4.82. The van der Waals surface area contributed by atoms with Crippen LogP contribution in [-0.2, 0) is 0 Å². The van der Waals surface area contributed by atoms with Crippen molar-refractivity contribution in [3.63, 3.8) is 0 Å². The Morgan fingerprint density at radius 1 is 1.50 bits per heavy atom. The molecular formula is C9H17N3. The molecule has 0 aromatic carbocycles. The van der Waals surface area contributed by atoms with E-state index in [0.717, 1.165) is 32.7 Å². The van der Waals surface area contributed by atoms with Crippen LogP contribution in [0.1, 0.15) is 13.3 Å². The quantitative estimate of drug-likeness (QED) is 0.648. The monoisotopic (exact) mass is 167 g/mol. The topological polar surface area (TPSA) is 39.1 Å². The molecule has 0 spiro atoms. The summed E-state index contributed by atoms with van der Waals surface area (Å²) in [5, 5.41) is 12.0. The van der Waals surface area contributed by atoms with Crippen molar-refractivity contribution in [2.45, 2.75) is 13.3 Å². The molecule has 1 aliphatic rings. The van der Waals surface area contributed by atoms with E-state index in [9.17, 15) is 0 Å². The van der Waals surface area contributed by atoms with E-state index in [-0.39, 0.29) is 5.92 Å². The fraction of sp³-hybridized carbons (Fsp3) is 0.889. The van der Waals surface area contributed by atoms with Gasteiger partial charge in [-0.1, -0.05) is 0 Å². The molecule has 0 aromatic rings. The zero-order valence-electron chi connectivity index (χ0n) is 7.71. The summed E-state index contributed by atoms with van der Waals surface area (Å²) in [7, 11) is 0. The highest BCUT2D eigenvalue weighted by Gasteiger charge is 2.10. The predicted molar refractivity (Wildman–Crippen MR) is 48.7 cm³/mol. The molecule has 0 aromatic heterocycles. The molecule has 0 aliphatic carbocycles. The summed E-state index contributed by atoms with van der Waals surface area (Å²) < 4.78 is 0. The van der Waals surface area contributed by atoms with E-state index in [1.165, 1.54) is 6.42 Å². The zero-order valence-corrected chi connectivity index (χ0v) is 7.71. The third kappa shape index (κ3) is 3.21. The minimum atomic E-state index is 0.170. The van der Waals surface area contributed by atoms with Gasteiger partial charge in [-0.25, -0.2) is 0 Å². The minimum absolute atomic E-state index is 0.170. The van der Waals surface area contributed by atoms with Crippen LogP contribution in [0, 0.1) is 17.2 Å². The highest BCUT2D eigenvalue weighted by atomic mass is 15.1. The van der Waals surface area contributed by atoms with E-state index in [4.69, 9.17) is 5.26 Å². The lowest BCUT2D eigenvalue weighted by Gasteiger charge is -2.19. The molecule has 1 heterocycles. The summed E-state index contributed by atoms with van der Waals surface area (Å²) in [6.45, 7) is 7.33. The largest absolute Gasteiger partial charge is 0.315 e. The van der Waals surface area contributed by atoms with E-state index >= 15 is 0 Å². The number of nitriles is 1. The molecule has 3 heteroatoms. The molecule has 3 nitrogen and oxygen atoms in total. The summed E-state index contributed by atoms with van der Waals surface area (Å²) in [6.07, 6.45) is 1.21. The van der Waals surface area contributed by atoms with Gasteiger partial charge in [0.1, 0.15) is 0 Å². The second kappa shape index (κ2) is 5.13. The summed E-state index contributed by atoms with van der Waals surface area (Å²) >= 11 is 0. The molecule has 0 radical (unpaired) electrons. The Labute approximate surface area is 74.4 Å². The summed E-state index contributed by atoms with van der Waals surface area (Å²) in [6, 6.07) is 2.27. The van der Waals surface area contributed by atoms with Crippen LogP contribution in [0.2, 0.25) is 0 Å². The standard InChI is InChI=1S/C9H17N3/c1-9(7-10)8-12-5-2-3-11-4-6-12/h9,11H,2-6,8H2,1H3. The molecule has 12 heavy (non-hydrogen) atoms. The van der Waals surface area contributed by atoms with Gasteiger partial charge in [0.15, 0.2) is 0 Å². The average Bonchev–Trinajstić information content (AvgIpc) is 2.33. The van der Waals surface area contributed by atoms with E-state index < -0.39 is 0 Å². The molecule has 1 rings (SSSR count). The van der Waals surface area contributed by atoms with E-state index in [1.807, 2.05) is 6.92 Å². The maximum atomic E-state index is 8.64. The average molecular weight is 167 g/mol. The fourth-order valence-corrected chi connectivity index (χ4v) is 1.51. The lowest BCUT2D eigenvalue weighted by molar-refractivity contribution is 0.272. The normalized spacial score (nSPS) is 22.7. The molecule has 0 saturated carbocycles. The lowest BCUT2D eigenvalue weighted by Crippen LogP contribution is -2.31. The highest BCUT2D eigenvalue weighted by Crippen LogP contribution is 2.00.